The van der Waals surface area contributed by atoms with Crippen LogP contribution in [0.15, 0.2) is 246 Å². The van der Waals surface area contributed by atoms with Gasteiger partial charge in [-0.25, -0.2) is 9.78 Å². The first-order valence-corrected chi connectivity index (χ1v) is 30.4. The average Bonchev–Trinajstić information content (AvgIpc) is 1.40. The minimum Gasteiger partial charge on any atom is -0.504 e. The minimum absolute atomic E-state index is 0.0506. The molecular weight excluding hydrogens is 1150 g/mol. The highest BCUT2D eigenvalue weighted by Crippen LogP contribution is 2.44. The smallest absolute Gasteiger partial charge is 0.355 e. The van der Waals surface area contributed by atoms with Gasteiger partial charge >= 0.3 is 11.9 Å². The third-order valence-corrected chi connectivity index (χ3v) is 16.6. The largest absolute Gasteiger partial charge is 0.504 e. The molecule has 3 atom stereocenters. The fourth-order valence-corrected chi connectivity index (χ4v) is 12.5. The van der Waals surface area contributed by atoms with E-state index in [9.17, 15) is 19.5 Å². The van der Waals surface area contributed by atoms with Crippen molar-refractivity contribution >= 4 is 57.7 Å². The van der Waals surface area contributed by atoms with Gasteiger partial charge in [0.15, 0.2) is 22.3 Å². The molecule has 1 fully saturated rings. The maximum atomic E-state index is 15.4. The monoisotopic (exact) mass is 1210 g/mol. The van der Waals surface area contributed by atoms with E-state index in [4.69, 9.17) is 33.8 Å². The van der Waals surface area contributed by atoms with Crippen LogP contribution in [0.2, 0.25) is 0 Å². The van der Waals surface area contributed by atoms with Crippen molar-refractivity contribution in [3.05, 3.63) is 292 Å². The van der Waals surface area contributed by atoms with Crippen LogP contribution < -0.4 is 15.4 Å². The van der Waals surface area contributed by atoms with Crippen molar-refractivity contribution in [2.45, 2.75) is 68.7 Å². The van der Waals surface area contributed by atoms with Crippen LogP contribution in [0.5, 0.6) is 11.5 Å². The molecule has 11 rings (SSSR count). The van der Waals surface area contributed by atoms with Gasteiger partial charge in [-0.3, -0.25) is 24.3 Å². The summed E-state index contributed by atoms with van der Waals surface area (Å²) in [6.45, 7) is 6.12. The summed E-state index contributed by atoms with van der Waals surface area (Å²) in [6.07, 6.45) is -1.63. The van der Waals surface area contributed by atoms with E-state index in [1.807, 2.05) is 212 Å². The van der Waals surface area contributed by atoms with Crippen molar-refractivity contribution in [3.63, 3.8) is 0 Å². The molecule has 444 valence electrons. The highest BCUT2D eigenvalue weighted by atomic mass is 32.2. The molecule has 16 nitrogen and oxygen atoms in total. The topological polar surface area (TPSA) is 200 Å². The standard InChI is InChI=1S/C70H62N6O10S2/c1-45(77)82-42-50-43-87-65-59(64(80)76(65)60(50)66(81)85-69(2,3)4)73-63(79)58(55-44-88-68(72-55)74-70(51-34-20-9-21-35-51,52-36-22-10-23-37-52)53-38-24-11-25-39-53)75-86-67(84-62(48-30-16-7-17-31-48)49-32-18-8-19-33-49)54-40-56(78)57(41-71-54)83-61(46-26-12-5-13-27-46)47-28-14-6-15-29-47/h5-41,44,59,61-62,65,67H,42-43H2,1-4H3,(H,71,78)(H,72,74)(H,73,79)/t59-,65-,67?/m1/s1. The number of aromatic nitrogens is 2. The normalized spacial score (nSPS) is 15.4. The first kappa shape index (κ1) is 59.8. The van der Waals surface area contributed by atoms with Gasteiger partial charge in [0.05, 0.1) is 6.20 Å². The number of hydrogen-bond donors (Lipinski definition) is 3. The highest BCUT2D eigenvalue weighted by molar-refractivity contribution is 8.00. The fourth-order valence-electron chi connectivity index (χ4n) is 10.4. The predicted octanol–water partition coefficient (Wildman–Crippen LogP) is 12.6. The number of oxime groups is 1. The van der Waals surface area contributed by atoms with E-state index in [0.29, 0.717) is 10.7 Å². The molecular formula is C70H62N6O10S2. The van der Waals surface area contributed by atoms with Gasteiger partial charge in [-0.1, -0.05) is 217 Å². The molecule has 0 saturated carbocycles. The Bertz CT molecular complexity index is 3780. The lowest BCUT2D eigenvalue weighted by Crippen LogP contribution is -2.71. The summed E-state index contributed by atoms with van der Waals surface area (Å²) < 4.78 is 24.7. The molecule has 0 radical (unpaired) electrons. The van der Waals surface area contributed by atoms with Gasteiger partial charge in [0.2, 0.25) is 0 Å². The number of amides is 2. The maximum Gasteiger partial charge on any atom is 0.355 e. The van der Waals surface area contributed by atoms with Crippen LogP contribution in [0.1, 0.15) is 96.5 Å². The molecule has 0 bridgehead atoms. The molecule has 88 heavy (non-hydrogen) atoms. The van der Waals surface area contributed by atoms with E-state index in [2.05, 4.69) is 15.8 Å². The van der Waals surface area contributed by atoms with Crippen molar-refractivity contribution in [3.8, 4) is 11.5 Å². The van der Waals surface area contributed by atoms with E-state index in [1.165, 1.54) is 47.2 Å². The number of pyridine rings is 1. The van der Waals surface area contributed by atoms with Gasteiger partial charge in [-0.05, 0) is 59.7 Å². The molecule has 1 unspecified atom stereocenters. The lowest BCUT2D eigenvalue weighted by molar-refractivity contribution is -0.170. The van der Waals surface area contributed by atoms with Gasteiger partial charge in [-0.2, -0.15) is 0 Å². The number of hydrogen-bond acceptors (Lipinski definition) is 16. The lowest BCUT2D eigenvalue weighted by Gasteiger charge is -2.49. The number of aromatic hydroxyl groups is 1. The number of thioether (sulfide) groups is 1. The number of nitrogens with one attached hydrogen (secondary N) is 2. The summed E-state index contributed by atoms with van der Waals surface area (Å²) in [4.78, 5) is 73.5. The second-order valence-corrected chi connectivity index (χ2v) is 23.7. The Balaban J connectivity index is 1.00. The molecule has 1 saturated heterocycles. The van der Waals surface area contributed by atoms with E-state index >= 15 is 4.79 Å². The molecule has 9 aromatic rings. The van der Waals surface area contributed by atoms with Gasteiger partial charge in [0, 0.05) is 29.7 Å². The summed E-state index contributed by atoms with van der Waals surface area (Å²) >= 11 is 2.49. The molecule has 2 aromatic heterocycles. The van der Waals surface area contributed by atoms with E-state index in [0.717, 1.165) is 38.9 Å². The van der Waals surface area contributed by atoms with E-state index < -0.39 is 64.8 Å². The SMILES string of the molecule is CC(=O)OCC1=C(C(=O)OC(C)(C)C)N2C(=O)[C@@H](NC(=O)C(=NOC(OC(c3ccccc3)c3ccccc3)c3cc(O)c(OC(c4ccccc4)c4ccccc4)cn3)c3csc(NC(c4ccccc4)(c4ccccc4)c4ccccc4)n3)[C@H]2SC1. The van der Waals surface area contributed by atoms with Crippen LogP contribution in [0, 0.1) is 0 Å². The second kappa shape index (κ2) is 26.8. The Morgan fingerprint density at radius 1 is 0.705 bits per heavy atom. The number of benzene rings is 7. The number of ether oxygens (including phenoxy) is 4. The predicted molar refractivity (Wildman–Crippen MR) is 337 cm³/mol. The second-order valence-electron chi connectivity index (χ2n) is 21.7. The summed E-state index contributed by atoms with van der Waals surface area (Å²) in [6, 6.07) is 68.2. The Morgan fingerprint density at radius 2 is 1.19 bits per heavy atom. The maximum absolute atomic E-state index is 15.4. The summed E-state index contributed by atoms with van der Waals surface area (Å²) in [5, 5.41) is 24.5. The molecule has 7 aromatic carbocycles. The summed E-state index contributed by atoms with van der Waals surface area (Å²) in [5.41, 5.74) is 3.98. The number of rotatable bonds is 22. The number of carbonyl (C=O) groups excluding carboxylic acids is 4. The Labute approximate surface area is 517 Å². The number of fused-ring (bicyclic) bond motifs is 1. The molecule has 18 heteroatoms. The van der Waals surface area contributed by atoms with Gasteiger partial charge < -0.3 is 39.5 Å². The van der Waals surface area contributed by atoms with Crippen molar-refractivity contribution < 1.29 is 48.1 Å². The number of esters is 2. The fraction of sp³-hybridized carbons (Fsp3) is 0.186. The number of thiazole rings is 1. The Kier molecular flexibility index (Phi) is 18.2. The zero-order valence-corrected chi connectivity index (χ0v) is 50.1. The van der Waals surface area contributed by atoms with Crippen LogP contribution in [0.4, 0.5) is 5.13 Å². The molecule has 0 spiro atoms. The first-order chi connectivity index (χ1) is 42.7. The van der Waals surface area contributed by atoms with Crippen LogP contribution in [-0.4, -0.2) is 78.8 Å². The van der Waals surface area contributed by atoms with Crippen LogP contribution in [0.3, 0.4) is 0 Å². The minimum atomic E-state index is -1.56. The molecule has 4 heterocycles. The number of nitrogens with zero attached hydrogens (tertiary/aromatic N) is 4. The zero-order valence-electron chi connectivity index (χ0n) is 48.5. The summed E-state index contributed by atoms with van der Waals surface area (Å²) in [7, 11) is 0. The molecule has 2 amide bonds. The van der Waals surface area contributed by atoms with Crippen LogP contribution in [0.25, 0.3) is 0 Å². The van der Waals surface area contributed by atoms with Gasteiger partial charge in [0.1, 0.15) is 58.5 Å². The zero-order chi connectivity index (χ0) is 61.2. The third kappa shape index (κ3) is 13.4. The van der Waals surface area contributed by atoms with E-state index in [1.54, 1.807) is 26.2 Å². The van der Waals surface area contributed by atoms with Crippen LogP contribution in [-0.2, 0) is 43.8 Å². The van der Waals surface area contributed by atoms with Crippen molar-refractivity contribution in [2.24, 2.45) is 5.16 Å². The number of carbonyl (C=O) groups is 4. The van der Waals surface area contributed by atoms with Gasteiger partial charge in [0.25, 0.3) is 18.1 Å². The van der Waals surface area contributed by atoms with Crippen molar-refractivity contribution in [2.75, 3.05) is 17.7 Å². The Hall–Kier alpha value is -9.88. The number of anilines is 1. The molecule has 3 N–H and O–H groups in total. The summed E-state index contributed by atoms with van der Waals surface area (Å²) in [5.74, 6) is -2.89. The molecule has 2 aliphatic heterocycles. The lowest BCUT2D eigenvalue weighted by atomic mass is 9.77. The highest BCUT2D eigenvalue weighted by Gasteiger charge is 2.55. The average molecular weight is 1210 g/mol. The Morgan fingerprint density at radius 3 is 1.67 bits per heavy atom. The van der Waals surface area contributed by atoms with Crippen molar-refractivity contribution in [1.29, 1.82) is 0 Å². The number of β-lactam (4-membered cyclic amide) rings is 1. The van der Waals surface area contributed by atoms with Gasteiger partial charge in [-0.15, -0.1) is 23.1 Å². The quantitative estimate of drug-likeness (QED) is 0.0144. The molecule has 0 aliphatic carbocycles. The third-order valence-electron chi connectivity index (χ3n) is 14.5. The van der Waals surface area contributed by atoms with Crippen molar-refractivity contribution in [1.82, 2.24) is 20.2 Å². The van der Waals surface area contributed by atoms with E-state index in [-0.39, 0.29) is 46.7 Å². The first-order valence-electron chi connectivity index (χ1n) is 28.4. The van der Waals surface area contributed by atoms with Crippen LogP contribution >= 0.6 is 23.1 Å². The molecule has 2 aliphatic rings.